The number of hydrogen-bond acceptors (Lipinski definition) is 4. The highest BCUT2D eigenvalue weighted by Gasteiger charge is 2.49. The fourth-order valence-corrected chi connectivity index (χ4v) is 2.08. The summed E-state index contributed by atoms with van der Waals surface area (Å²) in [5, 5.41) is 3.98. The second kappa shape index (κ2) is 3.54. The molecule has 3 rings (SSSR count). The van der Waals surface area contributed by atoms with Crippen LogP contribution in [0.5, 0.6) is 0 Å². The number of benzene rings is 1. The summed E-state index contributed by atoms with van der Waals surface area (Å²) in [6, 6.07) is 4.39. The standard InChI is InChI=1S/C13H14FN3O/c1-13(2)6-8(13)11-16-12(18-17-11)7-3-4-9(14)10(15)5-7/h3-5,8H,6,15H2,1-2H3. The quantitative estimate of drug-likeness (QED) is 0.828. The Balaban J connectivity index is 1.91. The zero-order valence-electron chi connectivity index (χ0n) is 10.3. The second-order valence-electron chi connectivity index (χ2n) is 5.44. The smallest absolute Gasteiger partial charge is 0.258 e. The van der Waals surface area contributed by atoms with Crippen LogP contribution in [0, 0.1) is 11.2 Å². The Kier molecular flexibility index (Phi) is 2.20. The van der Waals surface area contributed by atoms with Crippen LogP contribution in [-0.2, 0) is 0 Å². The number of hydrogen-bond donors (Lipinski definition) is 1. The molecule has 0 aliphatic heterocycles. The maximum atomic E-state index is 13.1. The number of nitrogen functional groups attached to an aromatic ring is 1. The van der Waals surface area contributed by atoms with Crippen LogP contribution in [0.25, 0.3) is 11.5 Å². The van der Waals surface area contributed by atoms with E-state index >= 15 is 0 Å². The Bertz CT molecular complexity index is 606. The van der Waals surface area contributed by atoms with Gasteiger partial charge in [-0.1, -0.05) is 19.0 Å². The van der Waals surface area contributed by atoms with Crippen LogP contribution >= 0.6 is 0 Å². The van der Waals surface area contributed by atoms with Crippen LogP contribution < -0.4 is 5.73 Å². The van der Waals surface area contributed by atoms with E-state index < -0.39 is 5.82 Å². The van der Waals surface area contributed by atoms with Crippen LogP contribution in [0.3, 0.4) is 0 Å². The minimum Gasteiger partial charge on any atom is -0.396 e. The van der Waals surface area contributed by atoms with E-state index in [0.29, 0.717) is 17.4 Å². The fourth-order valence-electron chi connectivity index (χ4n) is 2.08. The first kappa shape index (κ1) is 11.2. The topological polar surface area (TPSA) is 64.9 Å². The molecule has 1 fully saturated rings. The molecule has 0 bridgehead atoms. The summed E-state index contributed by atoms with van der Waals surface area (Å²) < 4.78 is 18.3. The third-order valence-electron chi connectivity index (χ3n) is 3.51. The summed E-state index contributed by atoms with van der Waals surface area (Å²) >= 11 is 0. The lowest BCUT2D eigenvalue weighted by Gasteiger charge is -1.98. The zero-order chi connectivity index (χ0) is 12.9. The van der Waals surface area contributed by atoms with Crippen molar-refractivity contribution in [1.82, 2.24) is 10.1 Å². The highest BCUT2D eigenvalue weighted by molar-refractivity contribution is 5.60. The Hall–Kier alpha value is -1.91. The molecule has 5 heteroatoms. The molecule has 1 unspecified atom stereocenters. The minimum atomic E-state index is -0.443. The third-order valence-corrected chi connectivity index (χ3v) is 3.51. The normalized spacial score (nSPS) is 20.9. The molecular formula is C13H14FN3O. The van der Waals surface area contributed by atoms with E-state index in [2.05, 4.69) is 24.0 Å². The highest BCUT2D eigenvalue weighted by Crippen LogP contribution is 2.57. The average molecular weight is 247 g/mol. The first-order valence-corrected chi connectivity index (χ1v) is 5.86. The van der Waals surface area contributed by atoms with Crippen molar-refractivity contribution in [2.24, 2.45) is 5.41 Å². The number of halogens is 1. The van der Waals surface area contributed by atoms with Crippen molar-refractivity contribution >= 4 is 5.69 Å². The van der Waals surface area contributed by atoms with Gasteiger partial charge in [-0.05, 0) is 30.0 Å². The van der Waals surface area contributed by atoms with Gasteiger partial charge in [-0.15, -0.1) is 0 Å². The molecule has 2 N–H and O–H groups in total. The average Bonchev–Trinajstić information content (AvgIpc) is 2.78. The Morgan fingerprint density at radius 3 is 2.78 bits per heavy atom. The van der Waals surface area contributed by atoms with Gasteiger partial charge >= 0.3 is 0 Å². The first-order valence-electron chi connectivity index (χ1n) is 5.86. The second-order valence-corrected chi connectivity index (χ2v) is 5.44. The molecule has 0 radical (unpaired) electrons. The van der Waals surface area contributed by atoms with Crippen molar-refractivity contribution in [1.29, 1.82) is 0 Å². The number of nitrogens with zero attached hydrogens (tertiary/aromatic N) is 2. The van der Waals surface area contributed by atoms with Gasteiger partial charge in [0.25, 0.3) is 5.89 Å². The van der Waals surface area contributed by atoms with E-state index in [9.17, 15) is 4.39 Å². The van der Waals surface area contributed by atoms with Crippen molar-refractivity contribution in [3.8, 4) is 11.5 Å². The van der Waals surface area contributed by atoms with Crippen molar-refractivity contribution in [2.75, 3.05) is 5.73 Å². The number of nitrogens with two attached hydrogens (primary N) is 1. The molecule has 1 atom stereocenters. The minimum absolute atomic E-state index is 0.0824. The lowest BCUT2D eigenvalue weighted by Crippen LogP contribution is -1.92. The van der Waals surface area contributed by atoms with E-state index in [1.54, 1.807) is 6.07 Å². The molecule has 2 aromatic rings. The molecule has 1 aromatic heterocycles. The van der Waals surface area contributed by atoms with Gasteiger partial charge in [-0.25, -0.2) is 4.39 Å². The molecule has 0 saturated heterocycles. The van der Waals surface area contributed by atoms with Gasteiger partial charge in [0, 0.05) is 11.5 Å². The van der Waals surface area contributed by atoms with Gasteiger partial charge in [-0.2, -0.15) is 4.98 Å². The van der Waals surface area contributed by atoms with Crippen LogP contribution in [0.1, 0.15) is 32.0 Å². The van der Waals surface area contributed by atoms with Crippen LogP contribution in [0.15, 0.2) is 22.7 Å². The van der Waals surface area contributed by atoms with Gasteiger partial charge in [0.15, 0.2) is 5.82 Å². The fraction of sp³-hybridized carbons (Fsp3) is 0.385. The molecule has 4 nitrogen and oxygen atoms in total. The molecule has 0 amide bonds. The summed E-state index contributed by atoms with van der Waals surface area (Å²) in [6.45, 7) is 4.34. The molecule has 94 valence electrons. The van der Waals surface area contributed by atoms with Gasteiger partial charge in [0.05, 0.1) is 5.69 Å². The van der Waals surface area contributed by atoms with Gasteiger partial charge in [0.2, 0.25) is 0 Å². The molecule has 18 heavy (non-hydrogen) atoms. The Morgan fingerprint density at radius 2 is 2.17 bits per heavy atom. The van der Waals surface area contributed by atoms with Gasteiger partial charge < -0.3 is 10.3 Å². The largest absolute Gasteiger partial charge is 0.396 e. The maximum Gasteiger partial charge on any atom is 0.258 e. The summed E-state index contributed by atoms with van der Waals surface area (Å²) in [5.41, 5.74) is 6.50. The lowest BCUT2D eigenvalue weighted by molar-refractivity contribution is 0.419. The molecule has 1 saturated carbocycles. The predicted molar refractivity (Wildman–Crippen MR) is 65.2 cm³/mol. The SMILES string of the molecule is CC1(C)CC1c1noc(-c2ccc(F)c(N)c2)n1. The van der Waals surface area contributed by atoms with Crippen molar-refractivity contribution < 1.29 is 8.91 Å². The highest BCUT2D eigenvalue weighted by atomic mass is 19.1. The van der Waals surface area contributed by atoms with Gasteiger partial charge in [-0.3, -0.25) is 0 Å². The Labute approximate surface area is 104 Å². The van der Waals surface area contributed by atoms with E-state index in [-0.39, 0.29) is 11.1 Å². The number of anilines is 1. The van der Waals surface area contributed by atoms with Gasteiger partial charge in [0.1, 0.15) is 5.82 Å². The van der Waals surface area contributed by atoms with E-state index in [1.807, 2.05) is 0 Å². The summed E-state index contributed by atoms with van der Waals surface area (Å²) in [5.74, 6) is 1.02. The summed E-state index contributed by atoms with van der Waals surface area (Å²) in [4.78, 5) is 4.35. The van der Waals surface area contributed by atoms with E-state index in [1.165, 1.54) is 12.1 Å². The van der Waals surface area contributed by atoms with Crippen molar-refractivity contribution in [2.45, 2.75) is 26.2 Å². The van der Waals surface area contributed by atoms with E-state index in [0.717, 1.165) is 12.2 Å². The number of rotatable bonds is 2. The van der Waals surface area contributed by atoms with Crippen LogP contribution in [0.2, 0.25) is 0 Å². The van der Waals surface area contributed by atoms with Crippen LogP contribution in [0.4, 0.5) is 10.1 Å². The lowest BCUT2D eigenvalue weighted by atomic mass is 10.1. The molecule has 1 heterocycles. The molecule has 0 spiro atoms. The van der Waals surface area contributed by atoms with E-state index in [4.69, 9.17) is 10.3 Å². The van der Waals surface area contributed by atoms with Crippen molar-refractivity contribution in [3.63, 3.8) is 0 Å². The first-order chi connectivity index (χ1) is 8.47. The monoisotopic (exact) mass is 247 g/mol. The molecule has 1 aliphatic rings. The Morgan fingerprint density at radius 1 is 1.44 bits per heavy atom. The number of aromatic nitrogens is 2. The maximum absolute atomic E-state index is 13.1. The summed E-state index contributed by atoms with van der Waals surface area (Å²) in [6.07, 6.45) is 1.07. The summed E-state index contributed by atoms with van der Waals surface area (Å²) in [7, 11) is 0. The zero-order valence-corrected chi connectivity index (χ0v) is 10.3. The van der Waals surface area contributed by atoms with Crippen molar-refractivity contribution in [3.05, 3.63) is 29.8 Å². The third kappa shape index (κ3) is 1.75. The van der Waals surface area contributed by atoms with Crippen LogP contribution in [-0.4, -0.2) is 10.1 Å². The predicted octanol–water partition coefficient (Wildman–Crippen LogP) is 2.97. The molecule has 1 aromatic carbocycles. The molecule has 1 aliphatic carbocycles. The molecular weight excluding hydrogens is 233 g/mol.